The Morgan fingerprint density at radius 1 is 1.24 bits per heavy atom. The molecule has 2 rings (SSSR count). The topological polar surface area (TPSA) is 64.9 Å². The van der Waals surface area contributed by atoms with Gasteiger partial charge < -0.3 is 10.6 Å². The van der Waals surface area contributed by atoms with E-state index >= 15 is 0 Å². The molecule has 2 aromatic rings. The van der Waals surface area contributed by atoms with E-state index in [1.807, 2.05) is 6.07 Å². The van der Waals surface area contributed by atoms with Crippen molar-refractivity contribution in [3.63, 3.8) is 0 Å². The number of halogens is 2. The first-order valence-electron chi connectivity index (χ1n) is 6.07. The number of nitriles is 1. The van der Waals surface area contributed by atoms with Crippen molar-refractivity contribution < 1.29 is 4.79 Å². The quantitative estimate of drug-likeness (QED) is 0.861. The van der Waals surface area contributed by atoms with Crippen LogP contribution in [0.2, 0.25) is 5.02 Å². The van der Waals surface area contributed by atoms with E-state index in [9.17, 15) is 4.79 Å². The number of carbonyl (C=O) groups is 1. The largest absolute Gasteiger partial charge is 0.375 e. The highest BCUT2D eigenvalue weighted by atomic mass is 79.9. The van der Waals surface area contributed by atoms with E-state index in [0.29, 0.717) is 16.3 Å². The highest BCUT2D eigenvalue weighted by Gasteiger charge is 2.05. The van der Waals surface area contributed by atoms with Crippen LogP contribution in [0.1, 0.15) is 5.56 Å². The van der Waals surface area contributed by atoms with E-state index < -0.39 is 0 Å². The fourth-order valence-corrected chi connectivity index (χ4v) is 2.29. The molecule has 0 saturated carbocycles. The predicted molar refractivity (Wildman–Crippen MR) is 87.4 cm³/mol. The Labute approximate surface area is 135 Å². The molecule has 0 unspecified atom stereocenters. The van der Waals surface area contributed by atoms with Gasteiger partial charge >= 0.3 is 0 Å². The first-order valence-corrected chi connectivity index (χ1v) is 7.24. The Kier molecular flexibility index (Phi) is 5.20. The molecular weight excluding hydrogens is 354 g/mol. The third-order valence-corrected chi connectivity index (χ3v) is 3.57. The lowest BCUT2D eigenvalue weighted by molar-refractivity contribution is -0.114. The minimum atomic E-state index is -0.173. The molecule has 6 heteroatoms. The zero-order valence-electron chi connectivity index (χ0n) is 10.9. The van der Waals surface area contributed by atoms with Gasteiger partial charge in [0.15, 0.2) is 0 Å². The average molecular weight is 365 g/mol. The van der Waals surface area contributed by atoms with Gasteiger partial charge in [-0.15, -0.1) is 0 Å². The molecular formula is C15H11BrClN3O. The van der Waals surface area contributed by atoms with Gasteiger partial charge in [0.1, 0.15) is 0 Å². The number of anilines is 2. The summed E-state index contributed by atoms with van der Waals surface area (Å²) in [5.41, 5.74) is 1.99. The summed E-state index contributed by atoms with van der Waals surface area (Å²) >= 11 is 9.13. The summed E-state index contributed by atoms with van der Waals surface area (Å²) in [4.78, 5) is 11.8. The van der Waals surface area contributed by atoms with Crippen molar-refractivity contribution in [1.82, 2.24) is 0 Å². The van der Waals surface area contributed by atoms with Crippen LogP contribution < -0.4 is 10.6 Å². The van der Waals surface area contributed by atoms with Crippen LogP contribution in [0.25, 0.3) is 0 Å². The second-order valence-corrected chi connectivity index (χ2v) is 5.51. The van der Waals surface area contributed by atoms with E-state index in [2.05, 4.69) is 26.6 Å². The summed E-state index contributed by atoms with van der Waals surface area (Å²) in [7, 11) is 0. The van der Waals surface area contributed by atoms with Gasteiger partial charge in [0.25, 0.3) is 0 Å². The van der Waals surface area contributed by atoms with Crippen molar-refractivity contribution in [3.8, 4) is 6.07 Å². The molecule has 0 aromatic heterocycles. The molecule has 0 aliphatic heterocycles. The van der Waals surface area contributed by atoms with Gasteiger partial charge in [-0.3, -0.25) is 4.79 Å². The molecule has 0 spiro atoms. The number of carbonyl (C=O) groups excluding carboxylic acids is 1. The van der Waals surface area contributed by atoms with Crippen LogP contribution in [0.4, 0.5) is 11.4 Å². The summed E-state index contributed by atoms with van der Waals surface area (Å²) in [6, 6.07) is 14.1. The normalized spacial score (nSPS) is 9.76. The van der Waals surface area contributed by atoms with E-state index in [0.717, 1.165) is 10.2 Å². The molecule has 0 radical (unpaired) electrons. The molecule has 21 heavy (non-hydrogen) atoms. The Morgan fingerprint density at radius 2 is 1.95 bits per heavy atom. The van der Waals surface area contributed by atoms with E-state index in [1.165, 1.54) is 0 Å². The maximum Gasteiger partial charge on any atom is 0.243 e. The average Bonchev–Trinajstić information content (AvgIpc) is 2.48. The number of benzene rings is 2. The summed E-state index contributed by atoms with van der Waals surface area (Å²) in [6.07, 6.45) is 0. The van der Waals surface area contributed by atoms with Gasteiger partial charge in [0, 0.05) is 20.9 Å². The van der Waals surface area contributed by atoms with Crippen LogP contribution in [0.15, 0.2) is 46.9 Å². The lowest BCUT2D eigenvalue weighted by Crippen LogP contribution is -2.21. The number of hydrogen-bond donors (Lipinski definition) is 2. The van der Waals surface area contributed by atoms with Crippen molar-refractivity contribution in [1.29, 1.82) is 5.26 Å². The maximum absolute atomic E-state index is 11.8. The van der Waals surface area contributed by atoms with Crippen LogP contribution in [-0.4, -0.2) is 12.5 Å². The molecule has 0 saturated heterocycles. The second kappa shape index (κ2) is 7.11. The SMILES string of the molecule is N#Cc1ccc(NCC(=O)Nc2ccc(Cl)cc2)c(Br)c1. The highest BCUT2D eigenvalue weighted by molar-refractivity contribution is 9.10. The molecule has 106 valence electrons. The van der Waals surface area contributed by atoms with Gasteiger partial charge in [0.05, 0.1) is 18.2 Å². The number of nitrogens with one attached hydrogen (secondary N) is 2. The van der Waals surface area contributed by atoms with Crippen molar-refractivity contribution in [2.24, 2.45) is 0 Å². The van der Waals surface area contributed by atoms with Gasteiger partial charge in [-0.05, 0) is 58.4 Å². The fraction of sp³-hybridized carbons (Fsp3) is 0.0667. The lowest BCUT2D eigenvalue weighted by atomic mass is 10.2. The highest BCUT2D eigenvalue weighted by Crippen LogP contribution is 2.23. The third-order valence-electron chi connectivity index (χ3n) is 2.67. The molecule has 0 aliphatic rings. The van der Waals surface area contributed by atoms with Gasteiger partial charge in [-0.2, -0.15) is 5.26 Å². The molecule has 0 heterocycles. The molecule has 0 bridgehead atoms. The Morgan fingerprint density at radius 3 is 2.57 bits per heavy atom. The monoisotopic (exact) mass is 363 g/mol. The molecule has 4 nitrogen and oxygen atoms in total. The molecule has 2 N–H and O–H groups in total. The summed E-state index contributed by atoms with van der Waals surface area (Å²) in [5.74, 6) is -0.173. The molecule has 0 aliphatic carbocycles. The van der Waals surface area contributed by atoms with Crippen molar-refractivity contribution in [2.75, 3.05) is 17.2 Å². The van der Waals surface area contributed by atoms with Crippen LogP contribution in [-0.2, 0) is 4.79 Å². The predicted octanol–water partition coefficient (Wildman–Crippen LogP) is 4.02. The zero-order chi connectivity index (χ0) is 15.2. The smallest absolute Gasteiger partial charge is 0.243 e. The van der Waals surface area contributed by atoms with Crippen molar-refractivity contribution >= 4 is 44.8 Å². The maximum atomic E-state index is 11.8. The van der Waals surface area contributed by atoms with E-state index in [4.69, 9.17) is 16.9 Å². The van der Waals surface area contributed by atoms with Crippen LogP contribution in [0.3, 0.4) is 0 Å². The molecule has 0 atom stereocenters. The van der Waals surface area contributed by atoms with E-state index in [1.54, 1.807) is 42.5 Å². The second-order valence-electron chi connectivity index (χ2n) is 4.22. The van der Waals surface area contributed by atoms with Crippen molar-refractivity contribution in [3.05, 3.63) is 57.5 Å². The van der Waals surface area contributed by atoms with E-state index in [-0.39, 0.29) is 12.5 Å². The molecule has 0 fully saturated rings. The number of nitrogens with zero attached hydrogens (tertiary/aromatic N) is 1. The lowest BCUT2D eigenvalue weighted by Gasteiger charge is -2.09. The first kappa shape index (κ1) is 15.4. The molecule has 2 aromatic carbocycles. The van der Waals surface area contributed by atoms with Crippen LogP contribution in [0, 0.1) is 11.3 Å². The Balaban J connectivity index is 1.92. The number of rotatable bonds is 4. The Hall–Kier alpha value is -2.03. The van der Waals surface area contributed by atoms with Gasteiger partial charge in [-0.1, -0.05) is 11.6 Å². The minimum absolute atomic E-state index is 0.118. The Bertz CT molecular complexity index is 695. The summed E-state index contributed by atoms with van der Waals surface area (Å²) < 4.78 is 0.737. The fourth-order valence-electron chi connectivity index (χ4n) is 1.64. The summed E-state index contributed by atoms with van der Waals surface area (Å²) in [6.45, 7) is 0.118. The van der Waals surface area contributed by atoms with Gasteiger partial charge in [0.2, 0.25) is 5.91 Å². The number of amides is 1. The minimum Gasteiger partial charge on any atom is -0.375 e. The number of hydrogen-bond acceptors (Lipinski definition) is 3. The zero-order valence-corrected chi connectivity index (χ0v) is 13.2. The summed E-state index contributed by atoms with van der Waals surface area (Å²) in [5, 5.41) is 15.2. The van der Waals surface area contributed by atoms with Crippen LogP contribution in [0.5, 0.6) is 0 Å². The van der Waals surface area contributed by atoms with Gasteiger partial charge in [-0.25, -0.2) is 0 Å². The standard InChI is InChI=1S/C15H11BrClN3O/c16-13-7-10(8-18)1-6-14(13)19-9-15(21)20-12-4-2-11(17)3-5-12/h1-7,19H,9H2,(H,20,21). The third kappa shape index (κ3) is 4.48. The van der Waals surface area contributed by atoms with Crippen LogP contribution >= 0.6 is 27.5 Å². The first-order chi connectivity index (χ1) is 10.1. The molecule has 1 amide bonds. The van der Waals surface area contributed by atoms with Crippen molar-refractivity contribution in [2.45, 2.75) is 0 Å².